The van der Waals surface area contributed by atoms with Gasteiger partial charge in [0.25, 0.3) is 0 Å². The maximum absolute atomic E-state index is 12.3. The Hall–Kier alpha value is -0.470. The monoisotopic (exact) mass is 304 g/mol. The molecule has 1 heterocycles. The van der Waals surface area contributed by atoms with E-state index in [0.717, 1.165) is 11.4 Å². The number of likely N-dealkylation sites (N-methyl/N-ethyl adjacent to an activating group) is 1. The lowest BCUT2D eigenvalue weighted by molar-refractivity contribution is 0.185. The van der Waals surface area contributed by atoms with E-state index in [1.165, 1.54) is 28.5 Å². The van der Waals surface area contributed by atoms with Crippen molar-refractivity contribution in [2.45, 2.75) is 30.3 Å². The summed E-state index contributed by atoms with van der Waals surface area (Å²) in [5, 5.41) is 5.09. The van der Waals surface area contributed by atoms with Crippen LogP contribution in [-0.4, -0.2) is 46.1 Å². The number of rotatable bonds is 8. The predicted octanol–water partition coefficient (Wildman–Crippen LogP) is 1.27. The van der Waals surface area contributed by atoms with E-state index in [1.54, 1.807) is 25.6 Å². The third kappa shape index (κ3) is 4.00. The maximum Gasteiger partial charge on any atom is 0.243 e. The summed E-state index contributed by atoms with van der Waals surface area (Å²) in [6.07, 6.45) is 2.46. The molecule has 1 aromatic heterocycles. The summed E-state index contributed by atoms with van der Waals surface area (Å²) in [6, 6.07) is 2.39. The highest BCUT2D eigenvalue weighted by molar-refractivity contribution is 7.89. The molecule has 0 saturated heterocycles. The molecule has 5 nitrogen and oxygen atoms in total. The first-order valence-electron chi connectivity index (χ1n) is 6.30. The van der Waals surface area contributed by atoms with E-state index in [9.17, 15) is 8.42 Å². The van der Waals surface area contributed by atoms with E-state index in [-0.39, 0.29) is 0 Å². The van der Waals surface area contributed by atoms with Crippen LogP contribution in [0.15, 0.2) is 16.3 Å². The first-order valence-corrected chi connectivity index (χ1v) is 8.62. The van der Waals surface area contributed by atoms with Gasteiger partial charge in [-0.05, 0) is 18.9 Å². The van der Waals surface area contributed by atoms with Crippen LogP contribution in [-0.2, 0) is 21.3 Å². The summed E-state index contributed by atoms with van der Waals surface area (Å²) >= 11 is 1.49. The molecule has 1 N–H and O–H groups in total. The molecule has 19 heavy (non-hydrogen) atoms. The Morgan fingerprint density at radius 1 is 1.53 bits per heavy atom. The summed E-state index contributed by atoms with van der Waals surface area (Å²) in [5.41, 5.74) is 0. The summed E-state index contributed by atoms with van der Waals surface area (Å²) in [6.45, 7) is 1.52. The number of nitrogens with zero attached hydrogens (tertiary/aromatic N) is 1. The fourth-order valence-corrected chi connectivity index (χ4v) is 4.01. The fraction of sp³-hybridized carbons (Fsp3) is 0.667. The van der Waals surface area contributed by atoms with Crippen molar-refractivity contribution in [3.05, 3.63) is 16.3 Å². The predicted molar refractivity (Wildman–Crippen MR) is 75.9 cm³/mol. The van der Waals surface area contributed by atoms with E-state index >= 15 is 0 Å². The molecule has 0 spiro atoms. The molecule has 0 amide bonds. The number of nitrogens with one attached hydrogen (secondary N) is 1. The van der Waals surface area contributed by atoms with Crippen molar-refractivity contribution < 1.29 is 13.2 Å². The first-order chi connectivity index (χ1) is 9.04. The van der Waals surface area contributed by atoms with Crippen LogP contribution in [0.3, 0.4) is 0 Å². The molecule has 0 atom stereocenters. The van der Waals surface area contributed by atoms with Crippen molar-refractivity contribution in [3.8, 4) is 0 Å². The van der Waals surface area contributed by atoms with E-state index in [4.69, 9.17) is 4.74 Å². The maximum atomic E-state index is 12.3. The molecule has 2 rings (SSSR count). The Balaban J connectivity index is 1.98. The number of methoxy groups -OCH3 is 1. The fourth-order valence-electron chi connectivity index (χ4n) is 1.64. The van der Waals surface area contributed by atoms with E-state index in [2.05, 4.69) is 5.32 Å². The molecule has 0 aromatic carbocycles. The zero-order valence-electron chi connectivity index (χ0n) is 11.3. The molecule has 0 aliphatic heterocycles. The van der Waals surface area contributed by atoms with Crippen LogP contribution in [0.2, 0.25) is 0 Å². The van der Waals surface area contributed by atoms with Gasteiger partial charge in [0.05, 0.1) is 11.5 Å². The Morgan fingerprint density at radius 3 is 2.89 bits per heavy atom. The van der Waals surface area contributed by atoms with Gasteiger partial charge in [0.2, 0.25) is 10.0 Å². The first kappa shape index (κ1) is 14.9. The second-order valence-electron chi connectivity index (χ2n) is 4.72. The SMILES string of the molecule is COCCN(C)S(=O)(=O)c1csc(CNC2CC2)c1. The van der Waals surface area contributed by atoms with Gasteiger partial charge in [0.1, 0.15) is 0 Å². The lowest BCUT2D eigenvalue weighted by Crippen LogP contribution is -2.29. The van der Waals surface area contributed by atoms with Crippen LogP contribution in [0.4, 0.5) is 0 Å². The molecule has 1 aromatic rings. The Kier molecular flexibility index (Phi) is 4.97. The Bertz CT molecular complexity index is 509. The van der Waals surface area contributed by atoms with Gasteiger partial charge in [0.15, 0.2) is 0 Å². The molecule has 1 aliphatic rings. The van der Waals surface area contributed by atoms with Crippen molar-refractivity contribution in [1.29, 1.82) is 0 Å². The third-order valence-corrected chi connectivity index (χ3v) is 6.01. The second-order valence-corrected chi connectivity index (χ2v) is 7.76. The molecule has 0 bridgehead atoms. The van der Waals surface area contributed by atoms with Crippen LogP contribution in [0.25, 0.3) is 0 Å². The third-order valence-electron chi connectivity index (χ3n) is 3.09. The Morgan fingerprint density at radius 2 is 2.26 bits per heavy atom. The molecular weight excluding hydrogens is 284 g/mol. The summed E-state index contributed by atoms with van der Waals surface area (Å²) in [7, 11) is -0.238. The van der Waals surface area contributed by atoms with Gasteiger partial charge in [-0.25, -0.2) is 8.42 Å². The van der Waals surface area contributed by atoms with Gasteiger partial charge in [-0.2, -0.15) is 4.31 Å². The van der Waals surface area contributed by atoms with Crippen molar-refractivity contribution in [2.75, 3.05) is 27.3 Å². The van der Waals surface area contributed by atoms with E-state index in [0.29, 0.717) is 24.1 Å². The average molecular weight is 304 g/mol. The summed E-state index contributed by atoms with van der Waals surface area (Å²) < 4.78 is 30.8. The van der Waals surface area contributed by atoms with Crippen molar-refractivity contribution in [1.82, 2.24) is 9.62 Å². The van der Waals surface area contributed by atoms with Crippen LogP contribution in [0, 0.1) is 0 Å². The zero-order valence-corrected chi connectivity index (χ0v) is 12.9. The molecule has 1 aliphatic carbocycles. The minimum absolute atomic E-state index is 0.365. The minimum atomic E-state index is -3.38. The quantitative estimate of drug-likeness (QED) is 0.786. The molecule has 7 heteroatoms. The van der Waals surface area contributed by atoms with Crippen LogP contribution in [0.1, 0.15) is 17.7 Å². The van der Waals surface area contributed by atoms with Gasteiger partial charge in [0, 0.05) is 43.5 Å². The topological polar surface area (TPSA) is 58.6 Å². The number of hydrogen-bond donors (Lipinski definition) is 1. The zero-order chi connectivity index (χ0) is 13.9. The highest BCUT2D eigenvalue weighted by atomic mass is 32.2. The van der Waals surface area contributed by atoms with Gasteiger partial charge < -0.3 is 10.1 Å². The van der Waals surface area contributed by atoms with Crippen LogP contribution < -0.4 is 5.32 Å². The second kappa shape index (κ2) is 6.32. The van der Waals surface area contributed by atoms with Crippen molar-refractivity contribution >= 4 is 21.4 Å². The minimum Gasteiger partial charge on any atom is -0.383 e. The average Bonchev–Trinajstić information content (AvgIpc) is 3.09. The molecule has 1 saturated carbocycles. The smallest absolute Gasteiger partial charge is 0.243 e. The lowest BCUT2D eigenvalue weighted by atomic mass is 10.4. The molecule has 0 unspecified atom stereocenters. The molecule has 108 valence electrons. The number of hydrogen-bond acceptors (Lipinski definition) is 5. The summed E-state index contributed by atoms with van der Waals surface area (Å²) in [5.74, 6) is 0. The van der Waals surface area contributed by atoms with E-state index < -0.39 is 10.0 Å². The van der Waals surface area contributed by atoms with Gasteiger partial charge in [-0.1, -0.05) is 0 Å². The summed E-state index contributed by atoms with van der Waals surface area (Å²) in [4.78, 5) is 1.44. The normalized spacial score (nSPS) is 16.2. The standard InChI is InChI=1S/C12H20N2O3S2/c1-14(5-6-17-2)19(15,16)12-7-11(18-9-12)8-13-10-3-4-10/h7,9-10,13H,3-6,8H2,1-2H3. The molecule has 0 radical (unpaired) electrons. The Labute approximate surface area is 118 Å². The number of thiophene rings is 1. The largest absolute Gasteiger partial charge is 0.383 e. The van der Waals surface area contributed by atoms with Gasteiger partial charge in [-0.3, -0.25) is 0 Å². The lowest BCUT2D eigenvalue weighted by Gasteiger charge is -2.15. The van der Waals surface area contributed by atoms with Gasteiger partial charge >= 0.3 is 0 Å². The van der Waals surface area contributed by atoms with Crippen LogP contribution in [0.5, 0.6) is 0 Å². The van der Waals surface area contributed by atoms with Crippen LogP contribution >= 0.6 is 11.3 Å². The van der Waals surface area contributed by atoms with Gasteiger partial charge in [-0.15, -0.1) is 11.3 Å². The highest BCUT2D eigenvalue weighted by Gasteiger charge is 2.23. The van der Waals surface area contributed by atoms with E-state index in [1.807, 2.05) is 0 Å². The highest BCUT2D eigenvalue weighted by Crippen LogP contribution is 2.24. The number of ether oxygens (including phenoxy) is 1. The molecule has 1 fully saturated rings. The number of sulfonamides is 1. The molecular formula is C12H20N2O3S2. The van der Waals surface area contributed by atoms with Crippen molar-refractivity contribution in [2.24, 2.45) is 0 Å². The van der Waals surface area contributed by atoms with Crippen molar-refractivity contribution in [3.63, 3.8) is 0 Å².